The molecule has 0 amide bonds. The van der Waals surface area contributed by atoms with Crippen molar-refractivity contribution in [2.45, 2.75) is 37.3 Å². The summed E-state index contributed by atoms with van der Waals surface area (Å²) in [6.07, 6.45) is 4.13. The van der Waals surface area contributed by atoms with Crippen molar-refractivity contribution in [3.63, 3.8) is 0 Å². The molecule has 2 bridgehead atoms. The smallest absolute Gasteiger partial charge is 0.0139 e. The first kappa shape index (κ1) is 7.57. The molecule has 0 spiro atoms. The van der Waals surface area contributed by atoms with Gasteiger partial charge in [-0.05, 0) is 24.8 Å². The van der Waals surface area contributed by atoms with Gasteiger partial charge < -0.3 is 5.32 Å². The van der Waals surface area contributed by atoms with E-state index in [0.29, 0.717) is 0 Å². The third-order valence-corrected chi connectivity index (χ3v) is 3.53. The molecule has 0 radical (unpaired) electrons. The number of benzene rings is 1. The van der Waals surface area contributed by atoms with Crippen LogP contribution < -0.4 is 5.32 Å². The summed E-state index contributed by atoms with van der Waals surface area (Å²) in [6.45, 7) is 0. The first-order valence-electron chi connectivity index (χ1n) is 5.24. The van der Waals surface area contributed by atoms with E-state index in [4.69, 9.17) is 0 Å². The van der Waals surface area contributed by atoms with Gasteiger partial charge in [0.05, 0.1) is 0 Å². The van der Waals surface area contributed by atoms with Crippen LogP contribution >= 0.6 is 0 Å². The van der Waals surface area contributed by atoms with Crippen LogP contribution in [0.1, 0.15) is 30.7 Å². The van der Waals surface area contributed by atoms with Crippen molar-refractivity contribution in [2.24, 2.45) is 0 Å². The van der Waals surface area contributed by atoms with Crippen molar-refractivity contribution in [1.29, 1.82) is 0 Å². The van der Waals surface area contributed by atoms with E-state index < -0.39 is 0 Å². The maximum absolute atomic E-state index is 3.68. The lowest BCUT2D eigenvalue weighted by atomic mass is 9.84. The molecule has 3 rings (SSSR count). The zero-order valence-electron chi connectivity index (χ0n) is 7.74. The normalized spacial score (nSPS) is 36.8. The van der Waals surface area contributed by atoms with Crippen LogP contribution in [0.25, 0.3) is 0 Å². The molecule has 13 heavy (non-hydrogen) atoms. The van der Waals surface area contributed by atoms with Gasteiger partial charge in [0.2, 0.25) is 0 Å². The Morgan fingerprint density at radius 1 is 1.08 bits per heavy atom. The molecular weight excluding hydrogens is 158 g/mol. The second-order valence-corrected chi connectivity index (χ2v) is 4.30. The Bertz CT molecular complexity index is 293. The lowest BCUT2D eigenvalue weighted by Crippen LogP contribution is -2.21. The number of nitrogens with one attached hydrogen (secondary N) is 1. The molecule has 3 unspecified atom stereocenters. The standard InChI is InChI=1S/C12H15N/c1-2-4-9(5-3-1)11-8-10-6-7-12(11)13-10/h1-5,10-13H,6-8H2. The van der Waals surface area contributed by atoms with Gasteiger partial charge in [0.15, 0.2) is 0 Å². The van der Waals surface area contributed by atoms with Gasteiger partial charge >= 0.3 is 0 Å². The van der Waals surface area contributed by atoms with Crippen molar-refractivity contribution >= 4 is 0 Å². The van der Waals surface area contributed by atoms with Crippen LogP contribution in [-0.2, 0) is 0 Å². The average molecular weight is 173 g/mol. The van der Waals surface area contributed by atoms with Crippen LogP contribution in [-0.4, -0.2) is 12.1 Å². The summed E-state index contributed by atoms with van der Waals surface area (Å²) in [6, 6.07) is 12.5. The third-order valence-electron chi connectivity index (χ3n) is 3.53. The Morgan fingerprint density at radius 3 is 2.54 bits per heavy atom. The van der Waals surface area contributed by atoms with E-state index in [9.17, 15) is 0 Å². The fraction of sp³-hybridized carbons (Fsp3) is 0.500. The molecule has 2 heterocycles. The van der Waals surface area contributed by atoms with E-state index in [-0.39, 0.29) is 0 Å². The molecule has 1 aromatic carbocycles. The summed E-state index contributed by atoms with van der Waals surface area (Å²) < 4.78 is 0. The van der Waals surface area contributed by atoms with Crippen LogP contribution in [0.5, 0.6) is 0 Å². The number of fused-ring (bicyclic) bond motifs is 2. The molecular formula is C12H15N. The molecule has 0 aromatic heterocycles. The maximum Gasteiger partial charge on any atom is 0.0139 e. The average Bonchev–Trinajstić information content (AvgIpc) is 2.80. The molecule has 0 aliphatic carbocycles. The van der Waals surface area contributed by atoms with Crippen LogP contribution in [0, 0.1) is 0 Å². The van der Waals surface area contributed by atoms with Gasteiger partial charge in [-0.25, -0.2) is 0 Å². The van der Waals surface area contributed by atoms with E-state index in [1.54, 1.807) is 0 Å². The minimum atomic E-state index is 0.771. The summed E-state index contributed by atoms with van der Waals surface area (Å²) in [7, 11) is 0. The van der Waals surface area contributed by atoms with Gasteiger partial charge in [-0.1, -0.05) is 30.3 Å². The van der Waals surface area contributed by atoms with Crippen molar-refractivity contribution in [1.82, 2.24) is 5.32 Å². The SMILES string of the molecule is c1ccc(C2CC3CCC2N3)cc1. The van der Waals surface area contributed by atoms with Crippen LogP contribution in [0.15, 0.2) is 30.3 Å². The second-order valence-electron chi connectivity index (χ2n) is 4.30. The van der Waals surface area contributed by atoms with Crippen molar-refractivity contribution in [2.75, 3.05) is 0 Å². The Balaban J connectivity index is 1.87. The van der Waals surface area contributed by atoms with Crippen molar-refractivity contribution < 1.29 is 0 Å². The molecule has 1 aromatic rings. The Labute approximate surface area is 79.2 Å². The minimum absolute atomic E-state index is 0.771. The van der Waals surface area contributed by atoms with E-state index >= 15 is 0 Å². The molecule has 1 nitrogen and oxygen atoms in total. The van der Waals surface area contributed by atoms with E-state index in [0.717, 1.165) is 18.0 Å². The van der Waals surface area contributed by atoms with E-state index in [1.807, 2.05) is 0 Å². The molecule has 2 saturated heterocycles. The Hall–Kier alpha value is -0.820. The molecule has 2 aliphatic heterocycles. The van der Waals surface area contributed by atoms with Gasteiger partial charge in [-0.15, -0.1) is 0 Å². The Morgan fingerprint density at radius 2 is 1.92 bits per heavy atom. The molecule has 2 fully saturated rings. The lowest BCUT2D eigenvalue weighted by molar-refractivity contribution is 0.506. The highest BCUT2D eigenvalue weighted by molar-refractivity contribution is 5.24. The molecule has 68 valence electrons. The summed E-state index contributed by atoms with van der Waals surface area (Å²) >= 11 is 0. The lowest BCUT2D eigenvalue weighted by Gasteiger charge is -2.20. The predicted octanol–water partition coefficient (Wildman–Crippen LogP) is 2.29. The highest BCUT2D eigenvalue weighted by Gasteiger charge is 2.39. The largest absolute Gasteiger partial charge is 0.311 e. The van der Waals surface area contributed by atoms with Gasteiger partial charge in [-0.3, -0.25) is 0 Å². The van der Waals surface area contributed by atoms with Crippen LogP contribution in [0.3, 0.4) is 0 Å². The third kappa shape index (κ3) is 1.19. The topological polar surface area (TPSA) is 12.0 Å². The summed E-state index contributed by atoms with van der Waals surface area (Å²) in [5, 5.41) is 3.68. The molecule has 1 N–H and O–H groups in total. The zero-order chi connectivity index (χ0) is 8.67. The summed E-state index contributed by atoms with van der Waals surface area (Å²) in [5.74, 6) is 0.792. The fourth-order valence-corrected chi connectivity index (χ4v) is 2.89. The van der Waals surface area contributed by atoms with E-state index in [2.05, 4.69) is 35.6 Å². The number of rotatable bonds is 1. The first-order valence-corrected chi connectivity index (χ1v) is 5.24. The quantitative estimate of drug-likeness (QED) is 0.687. The number of hydrogen-bond acceptors (Lipinski definition) is 1. The molecule has 2 aliphatic rings. The van der Waals surface area contributed by atoms with Gasteiger partial charge in [0, 0.05) is 18.0 Å². The van der Waals surface area contributed by atoms with Gasteiger partial charge in [0.1, 0.15) is 0 Å². The van der Waals surface area contributed by atoms with Gasteiger partial charge in [-0.2, -0.15) is 0 Å². The Kier molecular flexibility index (Phi) is 1.66. The van der Waals surface area contributed by atoms with Crippen molar-refractivity contribution in [3.8, 4) is 0 Å². The molecule has 1 heteroatoms. The maximum atomic E-state index is 3.68. The molecule has 0 saturated carbocycles. The second kappa shape index (κ2) is 2.85. The fourth-order valence-electron chi connectivity index (χ4n) is 2.89. The predicted molar refractivity (Wildman–Crippen MR) is 53.7 cm³/mol. The monoisotopic (exact) mass is 173 g/mol. The molecule has 3 atom stereocenters. The number of hydrogen-bond donors (Lipinski definition) is 1. The van der Waals surface area contributed by atoms with Crippen LogP contribution in [0.2, 0.25) is 0 Å². The first-order chi connectivity index (χ1) is 6.43. The summed E-state index contributed by atoms with van der Waals surface area (Å²) in [4.78, 5) is 0. The zero-order valence-corrected chi connectivity index (χ0v) is 7.74. The summed E-state index contributed by atoms with van der Waals surface area (Å²) in [5.41, 5.74) is 1.53. The van der Waals surface area contributed by atoms with Crippen molar-refractivity contribution in [3.05, 3.63) is 35.9 Å². The highest BCUT2D eigenvalue weighted by atomic mass is 15.0. The van der Waals surface area contributed by atoms with Gasteiger partial charge in [0.25, 0.3) is 0 Å². The van der Waals surface area contributed by atoms with E-state index in [1.165, 1.54) is 24.8 Å². The minimum Gasteiger partial charge on any atom is -0.311 e. The van der Waals surface area contributed by atoms with Crippen LogP contribution in [0.4, 0.5) is 0 Å². The highest BCUT2D eigenvalue weighted by Crippen LogP contribution is 2.39.